The molecule has 5 heteroatoms. The van der Waals surface area contributed by atoms with Crippen molar-refractivity contribution in [3.8, 4) is 0 Å². The normalized spacial score (nSPS) is 31.5. The average molecular weight is 362 g/mol. The molecular weight excluding hydrogens is 347 g/mol. The Bertz CT molecular complexity index is 426. The van der Waals surface area contributed by atoms with Crippen LogP contribution >= 0.6 is 33.9 Å². The van der Waals surface area contributed by atoms with E-state index < -0.39 is 0 Å². The summed E-state index contributed by atoms with van der Waals surface area (Å²) in [6.07, 6.45) is 2.48. The maximum absolute atomic E-state index is 12.1. The Morgan fingerprint density at radius 2 is 2.24 bits per heavy atom. The lowest BCUT2D eigenvalue weighted by molar-refractivity contribution is 0.0620. The molecule has 0 aliphatic carbocycles. The Balaban J connectivity index is 1.65. The Morgan fingerprint density at radius 3 is 2.76 bits per heavy atom. The van der Waals surface area contributed by atoms with Crippen molar-refractivity contribution in [2.45, 2.75) is 18.9 Å². The topological polar surface area (TPSA) is 32.3 Å². The van der Waals surface area contributed by atoms with Gasteiger partial charge in [0, 0.05) is 18.0 Å². The predicted molar refractivity (Wildman–Crippen MR) is 77.5 cm³/mol. The number of hydrogen-bond acceptors (Lipinski definition) is 3. The van der Waals surface area contributed by atoms with Gasteiger partial charge in [0.25, 0.3) is 5.91 Å². The number of carbonyl (C=O) groups excluding carboxylic acids is 1. The minimum absolute atomic E-state index is 0.0999. The number of halogens is 1. The fourth-order valence-corrected chi connectivity index (χ4v) is 4.14. The molecular formula is C12H15IN2OS. The van der Waals surface area contributed by atoms with Crippen LogP contribution in [0.3, 0.4) is 0 Å². The highest BCUT2D eigenvalue weighted by Gasteiger charge is 2.34. The standard InChI is InChI=1S/C12H15IN2OS/c13-11-5-9(7-17-11)12(16)14-10-6-15-3-1-8(10)2-4-15/h5,7-8,10H,1-4,6H2,(H,14,16). The second-order valence-electron chi connectivity index (χ2n) is 4.86. The van der Waals surface area contributed by atoms with Crippen molar-refractivity contribution < 1.29 is 4.79 Å². The van der Waals surface area contributed by atoms with E-state index >= 15 is 0 Å². The number of fused-ring (bicyclic) bond motifs is 3. The molecule has 1 aromatic heterocycles. The van der Waals surface area contributed by atoms with Crippen LogP contribution in [0.4, 0.5) is 0 Å². The number of thiophene rings is 1. The maximum Gasteiger partial charge on any atom is 0.252 e. The van der Waals surface area contributed by atoms with Crippen molar-refractivity contribution in [3.63, 3.8) is 0 Å². The highest BCUT2D eigenvalue weighted by atomic mass is 127. The van der Waals surface area contributed by atoms with Crippen molar-refractivity contribution in [2.24, 2.45) is 5.92 Å². The zero-order valence-electron chi connectivity index (χ0n) is 9.49. The van der Waals surface area contributed by atoms with E-state index in [1.807, 2.05) is 11.4 Å². The van der Waals surface area contributed by atoms with Gasteiger partial charge in [-0.05, 0) is 60.5 Å². The number of amides is 1. The smallest absolute Gasteiger partial charge is 0.252 e. The largest absolute Gasteiger partial charge is 0.348 e. The van der Waals surface area contributed by atoms with Gasteiger partial charge in [-0.1, -0.05) is 0 Å². The van der Waals surface area contributed by atoms with Gasteiger partial charge in [0.2, 0.25) is 0 Å². The molecule has 4 rings (SSSR count). The first-order chi connectivity index (χ1) is 8.22. The SMILES string of the molecule is O=C(NC1CN2CCC1CC2)c1csc(I)c1. The lowest BCUT2D eigenvalue weighted by atomic mass is 9.84. The lowest BCUT2D eigenvalue weighted by Crippen LogP contribution is -2.57. The molecule has 0 aromatic carbocycles. The van der Waals surface area contributed by atoms with Crippen LogP contribution in [0.2, 0.25) is 0 Å². The van der Waals surface area contributed by atoms with E-state index in [1.54, 1.807) is 11.3 Å². The molecule has 3 aliphatic heterocycles. The summed E-state index contributed by atoms with van der Waals surface area (Å²) >= 11 is 3.88. The fraction of sp³-hybridized carbons (Fsp3) is 0.583. The summed E-state index contributed by atoms with van der Waals surface area (Å²) in [6.45, 7) is 3.47. The molecule has 17 heavy (non-hydrogen) atoms. The van der Waals surface area contributed by atoms with E-state index in [0.717, 1.165) is 12.1 Å². The quantitative estimate of drug-likeness (QED) is 0.818. The van der Waals surface area contributed by atoms with Gasteiger partial charge >= 0.3 is 0 Å². The van der Waals surface area contributed by atoms with Crippen molar-refractivity contribution in [2.75, 3.05) is 19.6 Å². The Morgan fingerprint density at radius 1 is 1.47 bits per heavy atom. The van der Waals surface area contributed by atoms with Gasteiger partial charge in [-0.3, -0.25) is 4.79 Å². The number of carbonyl (C=O) groups is 1. The highest BCUT2D eigenvalue weighted by molar-refractivity contribution is 14.1. The van der Waals surface area contributed by atoms with Crippen molar-refractivity contribution >= 4 is 39.8 Å². The molecule has 0 saturated carbocycles. The fourth-order valence-electron chi connectivity index (χ4n) is 2.81. The van der Waals surface area contributed by atoms with E-state index in [1.165, 1.54) is 28.8 Å². The molecule has 92 valence electrons. The minimum Gasteiger partial charge on any atom is -0.348 e. The maximum atomic E-state index is 12.1. The third kappa shape index (κ3) is 2.51. The van der Waals surface area contributed by atoms with E-state index in [4.69, 9.17) is 0 Å². The number of rotatable bonds is 2. The minimum atomic E-state index is 0.0999. The van der Waals surface area contributed by atoms with Gasteiger partial charge in [-0.15, -0.1) is 11.3 Å². The van der Waals surface area contributed by atoms with Crippen LogP contribution in [0, 0.1) is 8.80 Å². The summed E-state index contributed by atoms with van der Waals surface area (Å²) in [4.78, 5) is 14.5. The molecule has 3 aliphatic rings. The van der Waals surface area contributed by atoms with Gasteiger partial charge in [0.1, 0.15) is 0 Å². The average Bonchev–Trinajstić information content (AvgIpc) is 2.77. The summed E-state index contributed by atoms with van der Waals surface area (Å²) in [5, 5.41) is 5.15. The van der Waals surface area contributed by atoms with Crippen LogP contribution in [0.25, 0.3) is 0 Å². The number of hydrogen-bond donors (Lipinski definition) is 1. The van der Waals surface area contributed by atoms with Gasteiger partial charge in [0.05, 0.1) is 8.45 Å². The molecule has 3 fully saturated rings. The second-order valence-corrected chi connectivity index (χ2v) is 7.66. The molecule has 3 saturated heterocycles. The van der Waals surface area contributed by atoms with Gasteiger partial charge in [0.15, 0.2) is 0 Å². The first-order valence-electron chi connectivity index (χ1n) is 5.99. The first kappa shape index (κ1) is 11.9. The molecule has 1 atom stereocenters. The van der Waals surface area contributed by atoms with Gasteiger partial charge in [-0.25, -0.2) is 0 Å². The van der Waals surface area contributed by atoms with Crippen LogP contribution in [-0.4, -0.2) is 36.5 Å². The predicted octanol–water partition coefficient (Wildman–Crippen LogP) is 2.18. The highest BCUT2D eigenvalue weighted by Crippen LogP contribution is 2.27. The molecule has 2 bridgehead atoms. The molecule has 0 spiro atoms. The number of nitrogens with zero attached hydrogens (tertiary/aromatic N) is 1. The number of nitrogens with one attached hydrogen (secondary N) is 1. The van der Waals surface area contributed by atoms with E-state index in [0.29, 0.717) is 12.0 Å². The van der Waals surface area contributed by atoms with Crippen molar-refractivity contribution in [1.82, 2.24) is 10.2 Å². The monoisotopic (exact) mass is 362 g/mol. The summed E-state index contributed by atoms with van der Waals surface area (Å²) < 4.78 is 1.17. The third-order valence-electron chi connectivity index (χ3n) is 3.80. The molecule has 1 aromatic rings. The van der Waals surface area contributed by atoms with Crippen LogP contribution in [0.1, 0.15) is 23.2 Å². The zero-order valence-corrected chi connectivity index (χ0v) is 12.5. The van der Waals surface area contributed by atoms with Crippen LogP contribution in [0.15, 0.2) is 11.4 Å². The lowest BCUT2D eigenvalue weighted by Gasteiger charge is -2.44. The first-order valence-corrected chi connectivity index (χ1v) is 7.95. The number of piperidine rings is 3. The third-order valence-corrected chi connectivity index (χ3v) is 5.59. The molecule has 1 N–H and O–H groups in total. The zero-order chi connectivity index (χ0) is 11.8. The Kier molecular flexibility index (Phi) is 3.40. The van der Waals surface area contributed by atoms with E-state index in [9.17, 15) is 4.79 Å². The van der Waals surface area contributed by atoms with Gasteiger partial charge in [-0.2, -0.15) is 0 Å². The molecule has 0 radical (unpaired) electrons. The summed E-state index contributed by atoms with van der Waals surface area (Å²) in [5.74, 6) is 0.796. The van der Waals surface area contributed by atoms with Crippen LogP contribution in [0.5, 0.6) is 0 Å². The summed E-state index contributed by atoms with van der Waals surface area (Å²) in [5.41, 5.74) is 0.816. The van der Waals surface area contributed by atoms with Crippen molar-refractivity contribution in [3.05, 3.63) is 19.9 Å². The van der Waals surface area contributed by atoms with Gasteiger partial charge < -0.3 is 10.2 Å². The Hall–Kier alpha value is -0.140. The van der Waals surface area contributed by atoms with E-state index in [-0.39, 0.29) is 5.91 Å². The second kappa shape index (κ2) is 4.85. The van der Waals surface area contributed by atoms with Crippen molar-refractivity contribution in [1.29, 1.82) is 0 Å². The summed E-state index contributed by atoms with van der Waals surface area (Å²) in [6, 6.07) is 2.32. The van der Waals surface area contributed by atoms with E-state index in [2.05, 4.69) is 32.8 Å². The summed E-state index contributed by atoms with van der Waals surface area (Å²) in [7, 11) is 0. The molecule has 1 unspecified atom stereocenters. The Labute approximate surface area is 119 Å². The van der Waals surface area contributed by atoms with Crippen LogP contribution < -0.4 is 5.32 Å². The molecule has 3 nitrogen and oxygen atoms in total. The molecule has 4 heterocycles. The molecule has 1 amide bonds. The van der Waals surface area contributed by atoms with Crippen LogP contribution in [-0.2, 0) is 0 Å².